The summed E-state index contributed by atoms with van der Waals surface area (Å²) in [4.78, 5) is 0. The van der Waals surface area contributed by atoms with Crippen LogP contribution in [0.25, 0.3) is 0 Å². The molecule has 1 heteroatoms. The molecule has 1 nitrogen and oxygen atoms in total. The zero-order valence-electron chi connectivity index (χ0n) is 4.94. The van der Waals surface area contributed by atoms with Crippen molar-refractivity contribution in [3.63, 3.8) is 0 Å². The highest BCUT2D eigenvalue weighted by atomic mass is 16.3. The quantitative estimate of drug-likeness (QED) is 0.521. The third-order valence-electron chi connectivity index (χ3n) is 2.16. The van der Waals surface area contributed by atoms with Crippen LogP contribution >= 0.6 is 0 Å². The number of aliphatic hydroxyl groups excluding tert-OH is 1. The van der Waals surface area contributed by atoms with Crippen molar-refractivity contribution in [1.82, 2.24) is 0 Å². The first-order valence-electron chi connectivity index (χ1n) is 2.80. The lowest BCUT2D eigenvalue weighted by Gasteiger charge is -1.99. The molecule has 0 heterocycles. The van der Waals surface area contributed by atoms with Crippen molar-refractivity contribution in [3.8, 4) is 0 Å². The van der Waals surface area contributed by atoms with E-state index in [0.717, 1.165) is 5.92 Å². The summed E-state index contributed by atoms with van der Waals surface area (Å²) in [6.07, 6.45) is 1.21. The van der Waals surface area contributed by atoms with Crippen molar-refractivity contribution in [3.05, 3.63) is 0 Å². The Morgan fingerprint density at radius 2 is 2.29 bits per heavy atom. The second-order valence-corrected chi connectivity index (χ2v) is 2.92. The van der Waals surface area contributed by atoms with Gasteiger partial charge in [0.15, 0.2) is 0 Å². The van der Waals surface area contributed by atoms with Gasteiger partial charge in [0, 0.05) is 6.61 Å². The van der Waals surface area contributed by atoms with Gasteiger partial charge in [0.05, 0.1) is 0 Å². The fourth-order valence-electron chi connectivity index (χ4n) is 0.861. The van der Waals surface area contributed by atoms with Crippen LogP contribution in [0.3, 0.4) is 0 Å². The monoisotopic (exact) mass is 100 g/mol. The molecule has 0 spiro atoms. The maximum atomic E-state index is 8.64. The van der Waals surface area contributed by atoms with Gasteiger partial charge in [0.1, 0.15) is 0 Å². The molecule has 2 unspecified atom stereocenters. The molecular weight excluding hydrogens is 88.1 g/mol. The summed E-state index contributed by atoms with van der Waals surface area (Å²) < 4.78 is 0. The Labute approximate surface area is 44.4 Å². The molecule has 1 rings (SSSR count). The molecule has 0 saturated heterocycles. The number of hydrogen-bond acceptors (Lipinski definition) is 1. The van der Waals surface area contributed by atoms with E-state index in [4.69, 9.17) is 5.11 Å². The fraction of sp³-hybridized carbons (Fsp3) is 1.00. The Hall–Kier alpha value is -0.0400. The summed E-state index contributed by atoms with van der Waals surface area (Å²) in [6.45, 7) is 4.67. The van der Waals surface area contributed by atoms with E-state index in [-0.39, 0.29) is 0 Å². The van der Waals surface area contributed by atoms with Gasteiger partial charge >= 0.3 is 0 Å². The van der Waals surface area contributed by atoms with E-state index >= 15 is 0 Å². The highest BCUT2D eigenvalue weighted by Gasteiger charge is 2.45. The Morgan fingerprint density at radius 3 is 2.29 bits per heavy atom. The minimum absolute atomic E-state index is 0.306. The van der Waals surface area contributed by atoms with Crippen LogP contribution in [0.4, 0.5) is 0 Å². The Bertz CT molecular complexity index is 76.2. The van der Waals surface area contributed by atoms with E-state index in [0.29, 0.717) is 12.0 Å². The molecular formula is C6H12O. The summed E-state index contributed by atoms with van der Waals surface area (Å²) in [6, 6.07) is 0. The van der Waals surface area contributed by atoms with Gasteiger partial charge in [0.25, 0.3) is 0 Å². The minimum atomic E-state index is 0.306. The minimum Gasteiger partial charge on any atom is -0.396 e. The normalized spacial score (nSPS) is 49.3. The van der Waals surface area contributed by atoms with Crippen molar-refractivity contribution >= 4 is 0 Å². The van der Waals surface area contributed by atoms with Crippen LogP contribution in [0.15, 0.2) is 0 Å². The predicted molar refractivity (Wildman–Crippen MR) is 29.0 cm³/mol. The van der Waals surface area contributed by atoms with Gasteiger partial charge in [-0.25, -0.2) is 0 Å². The Morgan fingerprint density at radius 1 is 1.86 bits per heavy atom. The lowest BCUT2D eigenvalue weighted by atomic mass is 10.1. The molecule has 7 heavy (non-hydrogen) atoms. The van der Waals surface area contributed by atoms with Gasteiger partial charge < -0.3 is 5.11 Å². The lowest BCUT2D eigenvalue weighted by Crippen LogP contribution is -2.01. The standard InChI is InChI=1S/C6H12O/c1-5-3-6(5,2)4-7/h5,7H,3-4H2,1-2H3. The van der Waals surface area contributed by atoms with E-state index in [1.54, 1.807) is 0 Å². The van der Waals surface area contributed by atoms with Crippen molar-refractivity contribution in [2.75, 3.05) is 6.61 Å². The van der Waals surface area contributed by atoms with Crippen molar-refractivity contribution in [1.29, 1.82) is 0 Å². The molecule has 1 saturated carbocycles. The lowest BCUT2D eigenvalue weighted by molar-refractivity contribution is 0.214. The summed E-state index contributed by atoms with van der Waals surface area (Å²) >= 11 is 0. The van der Waals surface area contributed by atoms with E-state index in [1.807, 2.05) is 0 Å². The van der Waals surface area contributed by atoms with Gasteiger partial charge in [-0.3, -0.25) is 0 Å². The van der Waals surface area contributed by atoms with E-state index < -0.39 is 0 Å². The molecule has 1 N–H and O–H groups in total. The van der Waals surface area contributed by atoms with Crippen LogP contribution in [-0.4, -0.2) is 11.7 Å². The molecule has 0 radical (unpaired) electrons. The van der Waals surface area contributed by atoms with Crippen molar-refractivity contribution in [2.45, 2.75) is 20.3 Å². The van der Waals surface area contributed by atoms with Gasteiger partial charge in [-0.15, -0.1) is 0 Å². The molecule has 0 aliphatic heterocycles. The van der Waals surface area contributed by atoms with Gasteiger partial charge in [-0.2, -0.15) is 0 Å². The fourth-order valence-corrected chi connectivity index (χ4v) is 0.861. The third-order valence-corrected chi connectivity index (χ3v) is 2.16. The molecule has 0 aromatic carbocycles. The smallest absolute Gasteiger partial charge is 0.0487 e. The first-order chi connectivity index (χ1) is 3.19. The van der Waals surface area contributed by atoms with Gasteiger partial charge in [-0.05, 0) is 17.8 Å². The molecule has 0 amide bonds. The van der Waals surface area contributed by atoms with Crippen LogP contribution in [0.1, 0.15) is 20.3 Å². The second-order valence-electron chi connectivity index (χ2n) is 2.92. The van der Waals surface area contributed by atoms with Crippen molar-refractivity contribution in [2.24, 2.45) is 11.3 Å². The highest BCUT2D eigenvalue weighted by molar-refractivity contribution is 4.94. The first-order valence-corrected chi connectivity index (χ1v) is 2.80. The molecule has 2 atom stereocenters. The largest absolute Gasteiger partial charge is 0.396 e. The maximum Gasteiger partial charge on any atom is 0.0487 e. The van der Waals surface area contributed by atoms with Crippen LogP contribution in [0.5, 0.6) is 0 Å². The number of hydrogen-bond donors (Lipinski definition) is 1. The number of rotatable bonds is 1. The summed E-state index contributed by atoms with van der Waals surface area (Å²) in [7, 11) is 0. The van der Waals surface area contributed by atoms with E-state index in [9.17, 15) is 0 Å². The zero-order chi connectivity index (χ0) is 5.49. The van der Waals surface area contributed by atoms with Crippen LogP contribution in [-0.2, 0) is 0 Å². The Balaban J connectivity index is 2.36. The summed E-state index contributed by atoms with van der Waals surface area (Å²) in [5, 5.41) is 8.64. The topological polar surface area (TPSA) is 20.2 Å². The molecule has 1 aliphatic carbocycles. The van der Waals surface area contributed by atoms with Gasteiger partial charge in [-0.1, -0.05) is 13.8 Å². The van der Waals surface area contributed by atoms with Crippen molar-refractivity contribution < 1.29 is 5.11 Å². The molecule has 0 aromatic rings. The molecule has 0 aromatic heterocycles. The zero-order valence-corrected chi connectivity index (χ0v) is 4.94. The Kier molecular flexibility index (Phi) is 0.890. The average molecular weight is 100 g/mol. The first kappa shape index (κ1) is 5.10. The van der Waals surface area contributed by atoms with E-state index in [2.05, 4.69) is 13.8 Å². The predicted octanol–water partition coefficient (Wildman–Crippen LogP) is 1.02. The van der Waals surface area contributed by atoms with Crippen LogP contribution in [0.2, 0.25) is 0 Å². The summed E-state index contributed by atoms with van der Waals surface area (Å²) in [5.41, 5.74) is 0.306. The SMILES string of the molecule is CC1CC1(C)CO. The molecule has 42 valence electrons. The maximum absolute atomic E-state index is 8.64. The van der Waals surface area contributed by atoms with Gasteiger partial charge in [0.2, 0.25) is 0 Å². The van der Waals surface area contributed by atoms with E-state index in [1.165, 1.54) is 6.42 Å². The molecule has 1 fully saturated rings. The molecule has 1 aliphatic rings. The number of aliphatic hydroxyl groups is 1. The van der Waals surface area contributed by atoms with Crippen LogP contribution in [0, 0.1) is 11.3 Å². The summed E-state index contributed by atoms with van der Waals surface area (Å²) in [5.74, 6) is 0.762. The van der Waals surface area contributed by atoms with Crippen LogP contribution < -0.4 is 0 Å². The third kappa shape index (κ3) is 0.653. The second kappa shape index (κ2) is 1.22. The molecule has 0 bridgehead atoms. The average Bonchev–Trinajstić information content (AvgIpc) is 2.18. The highest BCUT2D eigenvalue weighted by Crippen LogP contribution is 2.50.